The molecule has 1 N–H and O–H groups in total. The number of nitrogens with one attached hydrogen (secondary N) is 1. The lowest BCUT2D eigenvalue weighted by molar-refractivity contribution is -0.115. The number of anilines is 1. The van der Waals surface area contributed by atoms with E-state index < -0.39 is 0 Å². The van der Waals surface area contributed by atoms with Crippen molar-refractivity contribution in [2.75, 3.05) is 5.32 Å². The van der Waals surface area contributed by atoms with E-state index in [2.05, 4.69) is 29.1 Å². The average molecular weight is 386 g/mol. The highest BCUT2D eigenvalue weighted by Gasteiger charge is 2.22. The molecule has 26 heavy (non-hydrogen) atoms. The first-order chi connectivity index (χ1) is 12.4. The van der Waals surface area contributed by atoms with Gasteiger partial charge in [0.05, 0.1) is 5.25 Å². The molecule has 136 valence electrons. The van der Waals surface area contributed by atoms with E-state index in [-0.39, 0.29) is 11.2 Å². The van der Waals surface area contributed by atoms with Crippen LogP contribution in [0.25, 0.3) is 10.2 Å². The second-order valence-corrected chi connectivity index (χ2v) is 8.81. The number of nitrogens with zero attached hydrogens (tertiary/aromatic N) is 2. The molecule has 0 radical (unpaired) electrons. The lowest BCUT2D eigenvalue weighted by atomic mass is 10.1. The lowest BCUT2D eigenvalue weighted by Gasteiger charge is -2.17. The Morgan fingerprint density at radius 1 is 1.19 bits per heavy atom. The summed E-state index contributed by atoms with van der Waals surface area (Å²) in [7, 11) is 0. The van der Waals surface area contributed by atoms with E-state index >= 15 is 0 Å². The molecule has 0 saturated carbocycles. The van der Waals surface area contributed by atoms with Gasteiger partial charge >= 0.3 is 0 Å². The number of benzene rings is 1. The Morgan fingerprint density at radius 2 is 1.88 bits per heavy atom. The number of carbonyl (C=O) groups excluding carboxylic acids is 1. The molecule has 0 bridgehead atoms. The van der Waals surface area contributed by atoms with E-state index in [1.165, 1.54) is 22.2 Å². The van der Waals surface area contributed by atoms with Gasteiger partial charge in [-0.25, -0.2) is 9.97 Å². The van der Waals surface area contributed by atoms with Gasteiger partial charge in [0, 0.05) is 16.0 Å². The molecule has 0 saturated heterocycles. The van der Waals surface area contributed by atoms with Gasteiger partial charge in [-0.1, -0.05) is 36.9 Å². The zero-order valence-electron chi connectivity index (χ0n) is 15.7. The summed E-state index contributed by atoms with van der Waals surface area (Å²) in [4.78, 5) is 24.0. The summed E-state index contributed by atoms with van der Waals surface area (Å²) in [6.45, 7) is 10.3. The van der Waals surface area contributed by atoms with Gasteiger partial charge in [0.25, 0.3) is 0 Å². The molecule has 0 aliphatic carbocycles. The van der Waals surface area contributed by atoms with Crippen LogP contribution >= 0.6 is 23.1 Å². The predicted molar refractivity (Wildman–Crippen MR) is 111 cm³/mol. The summed E-state index contributed by atoms with van der Waals surface area (Å²) in [6.07, 6.45) is 2.32. The smallest absolute Gasteiger partial charge is 0.237 e. The maximum absolute atomic E-state index is 12.9. The molecule has 6 heteroatoms. The Labute approximate surface area is 162 Å². The first-order valence-corrected chi connectivity index (χ1v) is 10.4. The van der Waals surface area contributed by atoms with Crippen molar-refractivity contribution in [1.82, 2.24) is 9.97 Å². The minimum absolute atomic E-state index is 0.0197. The fourth-order valence-corrected chi connectivity index (χ4v) is 5.05. The molecule has 3 rings (SSSR count). The molecule has 3 aromatic rings. The molecule has 0 aliphatic heterocycles. The summed E-state index contributed by atoms with van der Waals surface area (Å²) in [5.74, 6) is 0.0197. The highest BCUT2D eigenvalue weighted by Crippen LogP contribution is 2.37. The maximum Gasteiger partial charge on any atom is 0.237 e. The summed E-state index contributed by atoms with van der Waals surface area (Å²) in [5.41, 5.74) is 4.27. The summed E-state index contributed by atoms with van der Waals surface area (Å²) in [6, 6.07) is 6.04. The molecule has 1 aromatic carbocycles. The van der Waals surface area contributed by atoms with E-state index in [0.717, 1.165) is 38.5 Å². The highest BCUT2D eigenvalue weighted by molar-refractivity contribution is 8.00. The Bertz CT molecular complexity index is 945. The van der Waals surface area contributed by atoms with Crippen LogP contribution in [0.15, 0.2) is 29.6 Å². The molecule has 4 nitrogen and oxygen atoms in total. The van der Waals surface area contributed by atoms with Crippen LogP contribution in [-0.4, -0.2) is 21.1 Å². The van der Waals surface area contributed by atoms with Crippen molar-refractivity contribution < 1.29 is 4.79 Å². The molecule has 1 unspecified atom stereocenters. The van der Waals surface area contributed by atoms with Crippen LogP contribution < -0.4 is 5.32 Å². The summed E-state index contributed by atoms with van der Waals surface area (Å²) in [5, 5.41) is 4.89. The monoisotopic (exact) mass is 385 g/mol. The standard InChI is InChI=1S/C20H23N3OS2/c1-6-15(18(24)23-17-11(2)8-7-9-12(17)3)26-20-16-13(4)14(5)25-19(16)21-10-22-20/h7-10,15H,6H2,1-5H3,(H,23,24). The molecular formula is C20H23N3OS2. The zero-order chi connectivity index (χ0) is 18.8. The Kier molecular flexibility index (Phi) is 5.63. The molecule has 0 fully saturated rings. The molecule has 1 amide bonds. The fraction of sp³-hybridized carbons (Fsp3) is 0.350. The predicted octanol–water partition coefficient (Wildman–Crippen LogP) is 5.43. The second kappa shape index (κ2) is 7.76. The average Bonchev–Trinajstić information content (AvgIpc) is 2.91. The normalized spacial score (nSPS) is 12.3. The minimum atomic E-state index is -0.202. The number of thiophene rings is 1. The van der Waals surface area contributed by atoms with E-state index in [4.69, 9.17) is 0 Å². The Hall–Kier alpha value is -1.92. The molecule has 2 heterocycles. The van der Waals surface area contributed by atoms with Crippen molar-refractivity contribution in [3.05, 3.63) is 46.1 Å². The van der Waals surface area contributed by atoms with E-state index in [1.807, 2.05) is 39.0 Å². The third-order valence-electron chi connectivity index (χ3n) is 4.58. The molecule has 2 aromatic heterocycles. The number of carbonyl (C=O) groups is 1. The van der Waals surface area contributed by atoms with E-state index in [0.29, 0.717) is 0 Å². The summed E-state index contributed by atoms with van der Waals surface area (Å²) < 4.78 is 0. The quantitative estimate of drug-likeness (QED) is 0.470. The minimum Gasteiger partial charge on any atom is -0.325 e. The topological polar surface area (TPSA) is 54.9 Å². The van der Waals surface area contributed by atoms with Crippen molar-refractivity contribution in [2.24, 2.45) is 0 Å². The lowest BCUT2D eigenvalue weighted by Crippen LogP contribution is -2.25. The van der Waals surface area contributed by atoms with Crippen LogP contribution in [0.1, 0.15) is 34.9 Å². The van der Waals surface area contributed by atoms with Crippen molar-refractivity contribution >= 4 is 44.9 Å². The number of hydrogen-bond acceptors (Lipinski definition) is 5. The maximum atomic E-state index is 12.9. The van der Waals surface area contributed by atoms with Crippen molar-refractivity contribution in [2.45, 2.75) is 51.3 Å². The third kappa shape index (κ3) is 3.62. The largest absolute Gasteiger partial charge is 0.325 e. The van der Waals surface area contributed by atoms with E-state index in [9.17, 15) is 4.79 Å². The van der Waals surface area contributed by atoms with Crippen LogP contribution in [0.5, 0.6) is 0 Å². The third-order valence-corrected chi connectivity index (χ3v) is 7.06. The van der Waals surface area contributed by atoms with Crippen LogP contribution in [0, 0.1) is 27.7 Å². The van der Waals surface area contributed by atoms with Gasteiger partial charge in [-0.05, 0) is 50.8 Å². The van der Waals surface area contributed by atoms with Crippen LogP contribution in [0.4, 0.5) is 5.69 Å². The first kappa shape index (κ1) is 18.9. The first-order valence-electron chi connectivity index (χ1n) is 8.66. The van der Waals surface area contributed by atoms with Crippen LogP contribution in [0.2, 0.25) is 0 Å². The molecule has 0 aliphatic rings. The van der Waals surface area contributed by atoms with Gasteiger partial charge in [-0.3, -0.25) is 4.79 Å². The number of fused-ring (bicyclic) bond motifs is 1. The van der Waals surface area contributed by atoms with Gasteiger partial charge in [0.15, 0.2) is 0 Å². The van der Waals surface area contributed by atoms with Gasteiger partial charge in [-0.15, -0.1) is 11.3 Å². The highest BCUT2D eigenvalue weighted by atomic mass is 32.2. The number of para-hydroxylation sites is 1. The number of hydrogen-bond donors (Lipinski definition) is 1. The number of rotatable bonds is 5. The summed E-state index contributed by atoms with van der Waals surface area (Å²) >= 11 is 3.21. The zero-order valence-corrected chi connectivity index (χ0v) is 17.3. The SMILES string of the molecule is CCC(Sc1ncnc2sc(C)c(C)c12)C(=O)Nc1c(C)cccc1C. The molecule has 0 spiro atoms. The number of aromatic nitrogens is 2. The van der Waals surface area contributed by atoms with Gasteiger partial charge < -0.3 is 5.32 Å². The van der Waals surface area contributed by atoms with Crippen molar-refractivity contribution in [3.8, 4) is 0 Å². The van der Waals surface area contributed by atoms with Crippen molar-refractivity contribution in [1.29, 1.82) is 0 Å². The van der Waals surface area contributed by atoms with Crippen molar-refractivity contribution in [3.63, 3.8) is 0 Å². The molecular weight excluding hydrogens is 362 g/mol. The number of amides is 1. The molecule has 1 atom stereocenters. The van der Waals surface area contributed by atoms with E-state index in [1.54, 1.807) is 17.7 Å². The Balaban J connectivity index is 1.87. The van der Waals surface area contributed by atoms with Gasteiger partial charge in [0.2, 0.25) is 5.91 Å². The number of thioether (sulfide) groups is 1. The van der Waals surface area contributed by atoms with Crippen LogP contribution in [0.3, 0.4) is 0 Å². The number of aryl methyl sites for hydroxylation is 4. The van der Waals surface area contributed by atoms with Gasteiger partial charge in [-0.2, -0.15) is 0 Å². The second-order valence-electron chi connectivity index (χ2n) is 6.41. The van der Waals surface area contributed by atoms with Gasteiger partial charge in [0.1, 0.15) is 16.2 Å². The Morgan fingerprint density at radius 3 is 2.54 bits per heavy atom. The fourth-order valence-electron chi connectivity index (χ4n) is 2.91. The van der Waals surface area contributed by atoms with Crippen LogP contribution in [-0.2, 0) is 4.79 Å².